The van der Waals surface area contributed by atoms with Crippen LogP contribution < -0.4 is 14.2 Å². The molecule has 0 saturated heterocycles. The van der Waals surface area contributed by atoms with E-state index in [0.717, 1.165) is 6.07 Å². The number of sulfonamides is 1. The van der Waals surface area contributed by atoms with Crippen molar-refractivity contribution >= 4 is 33.4 Å². The second kappa shape index (κ2) is 7.55. The van der Waals surface area contributed by atoms with Crippen molar-refractivity contribution in [1.29, 1.82) is 0 Å². The molecule has 1 aliphatic rings. The van der Waals surface area contributed by atoms with Gasteiger partial charge in [-0.05, 0) is 43.4 Å². The van der Waals surface area contributed by atoms with Gasteiger partial charge in [-0.2, -0.15) is 0 Å². The minimum atomic E-state index is -3.85. The molecule has 0 saturated carbocycles. The van der Waals surface area contributed by atoms with Crippen LogP contribution in [0.5, 0.6) is 11.5 Å². The first-order valence-electron chi connectivity index (χ1n) is 7.65. The molecule has 1 N–H and O–H groups in total. The molecule has 0 aromatic heterocycles. The smallest absolute Gasteiger partial charge is 0.338 e. The monoisotopic (exact) mass is 411 g/mol. The lowest BCUT2D eigenvalue weighted by Gasteiger charge is -2.08. The van der Waals surface area contributed by atoms with Gasteiger partial charge in [0.2, 0.25) is 16.8 Å². The molecule has 0 fully saturated rings. The Morgan fingerprint density at radius 2 is 1.81 bits per heavy atom. The summed E-state index contributed by atoms with van der Waals surface area (Å²) in [7, 11) is -2.62. The number of hydrogen-bond donors (Lipinski definition) is 1. The molecule has 2 aromatic carbocycles. The molecule has 0 radical (unpaired) electrons. The standard InChI is InChI=1S/C17H14ClNO7S/c1-19-27(22,23)16-7-11(2-4-12(16)18)17(21)24-8-13(20)10-3-5-14-15(6-10)26-9-25-14/h2-7,19H,8-9H2,1H3. The molecule has 0 unspecified atom stereocenters. The SMILES string of the molecule is CNS(=O)(=O)c1cc(C(=O)OCC(=O)c2ccc3c(c2)OCO3)ccc1Cl. The number of ether oxygens (including phenoxy) is 3. The Bertz CT molecular complexity index is 1020. The van der Waals surface area contributed by atoms with Gasteiger partial charge in [-0.1, -0.05) is 11.6 Å². The molecule has 0 atom stereocenters. The van der Waals surface area contributed by atoms with Crippen LogP contribution in [0.1, 0.15) is 20.7 Å². The summed E-state index contributed by atoms with van der Waals surface area (Å²) in [6, 6.07) is 8.28. The molecule has 142 valence electrons. The number of Topliss-reactive ketones (excluding diaryl/α,β-unsaturated/α-hetero) is 1. The first-order valence-corrected chi connectivity index (χ1v) is 9.51. The van der Waals surface area contributed by atoms with Gasteiger partial charge in [-0.25, -0.2) is 17.9 Å². The molecule has 0 bridgehead atoms. The number of hydrogen-bond acceptors (Lipinski definition) is 7. The Morgan fingerprint density at radius 1 is 1.11 bits per heavy atom. The Hall–Kier alpha value is -2.62. The third-order valence-corrected chi connectivity index (χ3v) is 5.65. The second-order valence-corrected chi connectivity index (χ2v) is 7.68. The summed E-state index contributed by atoms with van der Waals surface area (Å²) < 4.78 is 41.3. The lowest BCUT2D eigenvalue weighted by atomic mass is 10.1. The molecule has 3 rings (SSSR count). The Morgan fingerprint density at radius 3 is 2.56 bits per heavy atom. The van der Waals surface area contributed by atoms with Crippen molar-refractivity contribution in [3.8, 4) is 11.5 Å². The summed E-state index contributed by atoms with van der Waals surface area (Å²) >= 11 is 5.87. The van der Waals surface area contributed by atoms with Crippen molar-refractivity contribution in [2.75, 3.05) is 20.4 Å². The molecular formula is C17H14ClNO7S. The maximum atomic E-state index is 12.2. The van der Waals surface area contributed by atoms with Crippen molar-refractivity contribution in [2.45, 2.75) is 4.90 Å². The number of halogens is 1. The number of carbonyl (C=O) groups excluding carboxylic acids is 2. The largest absolute Gasteiger partial charge is 0.454 e. The topological polar surface area (TPSA) is 108 Å². The van der Waals surface area contributed by atoms with Gasteiger partial charge in [0.25, 0.3) is 0 Å². The van der Waals surface area contributed by atoms with Gasteiger partial charge < -0.3 is 14.2 Å². The fourth-order valence-electron chi connectivity index (χ4n) is 2.31. The number of carbonyl (C=O) groups is 2. The van der Waals surface area contributed by atoms with Crippen LogP contribution in [0.2, 0.25) is 5.02 Å². The molecule has 10 heteroatoms. The fraction of sp³-hybridized carbons (Fsp3) is 0.176. The summed E-state index contributed by atoms with van der Waals surface area (Å²) in [6.45, 7) is -0.439. The summed E-state index contributed by atoms with van der Waals surface area (Å²) in [6.07, 6.45) is 0. The third kappa shape index (κ3) is 4.05. The first-order chi connectivity index (χ1) is 12.8. The van der Waals surface area contributed by atoms with Crippen molar-refractivity contribution in [3.63, 3.8) is 0 Å². The van der Waals surface area contributed by atoms with E-state index in [1.807, 2.05) is 0 Å². The van der Waals surface area contributed by atoms with Crippen molar-refractivity contribution in [3.05, 3.63) is 52.5 Å². The highest BCUT2D eigenvalue weighted by atomic mass is 35.5. The number of esters is 1. The van der Waals surface area contributed by atoms with Crippen LogP contribution in [-0.2, 0) is 14.8 Å². The van der Waals surface area contributed by atoms with E-state index in [9.17, 15) is 18.0 Å². The highest BCUT2D eigenvalue weighted by Crippen LogP contribution is 2.32. The van der Waals surface area contributed by atoms with E-state index in [1.165, 1.54) is 31.3 Å². The summed E-state index contributed by atoms with van der Waals surface area (Å²) in [4.78, 5) is 24.1. The van der Waals surface area contributed by atoms with E-state index < -0.39 is 28.4 Å². The third-order valence-electron chi connectivity index (χ3n) is 3.75. The summed E-state index contributed by atoms with van der Waals surface area (Å²) in [5, 5.41) is -0.0441. The second-order valence-electron chi connectivity index (χ2n) is 5.42. The number of ketones is 1. The van der Waals surface area contributed by atoms with Crippen LogP contribution in [-0.4, -0.2) is 40.6 Å². The van der Waals surface area contributed by atoms with Crippen LogP contribution in [0, 0.1) is 0 Å². The van der Waals surface area contributed by atoms with E-state index in [-0.39, 0.29) is 22.3 Å². The number of rotatable bonds is 6. The number of nitrogens with one attached hydrogen (secondary N) is 1. The summed E-state index contributed by atoms with van der Waals surface area (Å²) in [5.74, 6) is -0.332. The molecule has 27 heavy (non-hydrogen) atoms. The normalized spacial score (nSPS) is 12.7. The molecule has 0 aliphatic carbocycles. The lowest BCUT2D eigenvalue weighted by Crippen LogP contribution is -2.20. The zero-order chi connectivity index (χ0) is 19.6. The molecule has 8 nitrogen and oxygen atoms in total. The van der Waals surface area contributed by atoms with E-state index in [2.05, 4.69) is 4.72 Å². The van der Waals surface area contributed by atoms with Crippen molar-refractivity contribution in [1.82, 2.24) is 4.72 Å². The fourth-order valence-corrected chi connectivity index (χ4v) is 3.56. The predicted molar refractivity (Wildman–Crippen MR) is 94.9 cm³/mol. The highest BCUT2D eigenvalue weighted by Gasteiger charge is 2.21. The van der Waals surface area contributed by atoms with Crippen molar-refractivity contribution < 1.29 is 32.2 Å². The van der Waals surface area contributed by atoms with E-state index in [4.69, 9.17) is 25.8 Å². The van der Waals surface area contributed by atoms with Crippen LogP contribution in [0.4, 0.5) is 0 Å². The molecule has 0 spiro atoms. The summed E-state index contributed by atoms with van der Waals surface area (Å²) in [5.41, 5.74) is 0.244. The first kappa shape index (κ1) is 19.2. The van der Waals surface area contributed by atoms with E-state index >= 15 is 0 Å². The van der Waals surface area contributed by atoms with Gasteiger partial charge in [-0.3, -0.25) is 4.79 Å². The maximum absolute atomic E-state index is 12.2. The lowest BCUT2D eigenvalue weighted by molar-refractivity contribution is 0.0474. The molecule has 0 amide bonds. The maximum Gasteiger partial charge on any atom is 0.338 e. The molecule has 1 aliphatic heterocycles. The van der Waals surface area contributed by atoms with E-state index in [1.54, 1.807) is 6.07 Å². The van der Waals surface area contributed by atoms with Gasteiger partial charge in [-0.15, -0.1) is 0 Å². The average Bonchev–Trinajstić information content (AvgIpc) is 3.13. The van der Waals surface area contributed by atoms with Gasteiger partial charge in [0.05, 0.1) is 10.6 Å². The minimum absolute atomic E-state index is 0.0441. The Kier molecular flexibility index (Phi) is 5.36. The Balaban J connectivity index is 1.71. The van der Waals surface area contributed by atoms with Crippen LogP contribution >= 0.6 is 11.6 Å². The predicted octanol–water partition coefficient (Wildman–Crippen LogP) is 2.02. The van der Waals surface area contributed by atoms with Crippen molar-refractivity contribution in [2.24, 2.45) is 0 Å². The van der Waals surface area contributed by atoms with Gasteiger partial charge >= 0.3 is 5.97 Å². The van der Waals surface area contributed by atoms with Gasteiger partial charge in [0.1, 0.15) is 4.90 Å². The zero-order valence-electron chi connectivity index (χ0n) is 14.0. The molecular weight excluding hydrogens is 398 g/mol. The van der Waals surface area contributed by atoms with E-state index in [0.29, 0.717) is 17.1 Å². The Labute approximate surface area is 160 Å². The molecule has 1 heterocycles. The quantitative estimate of drug-likeness (QED) is 0.572. The number of benzene rings is 2. The van der Waals surface area contributed by atoms with Crippen LogP contribution in [0.15, 0.2) is 41.3 Å². The van der Waals surface area contributed by atoms with Gasteiger partial charge in [0.15, 0.2) is 23.9 Å². The van der Waals surface area contributed by atoms with Crippen LogP contribution in [0.25, 0.3) is 0 Å². The molecule has 2 aromatic rings. The average molecular weight is 412 g/mol. The van der Waals surface area contributed by atoms with Gasteiger partial charge in [0, 0.05) is 5.56 Å². The highest BCUT2D eigenvalue weighted by molar-refractivity contribution is 7.89. The number of fused-ring (bicyclic) bond motifs is 1. The minimum Gasteiger partial charge on any atom is -0.454 e. The zero-order valence-corrected chi connectivity index (χ0v) is 15.6. The van der Waals surface area contributed by atoms with Crippen LogP contribution in [0.3, 0.4) is 0 Å².